The Bertz CT molecular complexity index is 887. The molecule has 0 aliphatic carbocycles. The molecule has 1 saturated heterocycles. The van der Waals surface area contributed by atoms with Crippen LogP contribution in [0, 0.1) is 0 Å². The van der Waals surface area contributed by atoms with Gasteiger partial charge >= 0.3 is 0 Å². The van der Waals surface area contributed by atoms with Crippen molar-refractivity contribution in [3.63, 3.8) is 0 Å². The van der Waals surface area contributed by atoms with Crippen molar-refractivity contribution < 1.29 is 18.7 Å². The first-order chi connectivity index (χ1) is 11.9. The summed E-state index contributed by atoms with van der Waals surface area (Å²) in [4.78, 5) is 39.6. The largest absolute Gasteiger partial charge is 0.440 e. The molecule has 1 aliphatic rings. The molecule has 7 nitrogen and oxygen atoms in total. The number of rotatable bonds is 3. The zero-order valence-electron chi connectivity index (χ0n) is 14.4. The molecular formula is C18H20N2O5. The van der Waals surface area contributed by atoms with E-state index in [1.807, 2.05) is 11.8 Å². The molecule has 1 aliphatic heterocycles. The monoisotopic (exact) mass is 344 g/mol. The third kappa shape index (κ3) is 3.28. The van der Waals surface area contributed by atoms with E-state index in [9.17, 15) is 14.4 Å². The van der Waals surface area contributed by atoms with Crippen molar-refractivity contribution >= 4 is 29.0 Å². The number of nitrogens with zero attached hydrogens (tertiary/aromatic N) is 2. The van der Waals surface area contributed by atoms with Crippen molar-refractivity contribution in [2.75, 3.05) is 38.7 Å². The molecule has 0 saturated carbocycles. The van der Waals surface area contributed by atoms with Crippen LogP contribution < -0.4 is 10.3 Å². The van der Waals surface area contributed by atoms with Crippen LogP contribution in [0.15, 0.2) is 27.4 Å². The van der Waals surface area contributed by atoms with Crippen molar-refractivity contribution in [3.8, 4) is 0 Å². The van der Waals surface area contributed by atoms with Crippen molar-refractivity contribution in [2.45, 2.75) is 13.0 Å². The average molecular weight is 344 g/mol. The summed E-state index contributed by atoms with van der Waals surface area (Å²) in [7, 11) is 3.22. The molecule has 132 valence electrons. The molecule has 0 bridgehead atoms. The fraction of sp³-hybridized carbons (Fsp3) is 0.389. The maximum absolute atomic E-state index is 12.6. The number of anilines is 1. The first-order valence-electron chi connectivity index (χ1n) is 8.06. The second-order valence-electron chi connectivity index (χ2n) is 6.34. The number of carbonyl (C=O) groups is 2. The van der Waals surface area contributed by atoms with Gasteiger partial charge < -0.3 is 19.0 Å². The zero-order chi connectivity index (χ0) is 18.1. The quantitative estimate of drug-likeness (QED) is 0.786. The lowest BCUT2D eigenvalue weighted by Gasteiger charge is -2.31. The molecule has 2 aromatic rings. The van der Waals surface area contributed by atoms with Crippen molar-refractivity contribution in [3.05, 3.63) is 39.5 Å². The Morgan fingerprint density at radius 3 is 2.72 bits per heavy atom. The van der Waals surface area contributed by atoms with Crippen LogP contribution >= 0.6 is 0 Å². The number of hydrogen-bond acceptors (Lipinski definition) is 6. The number of benzene rings is 1. The second-order valence-corrected chi connectivity index (χ2v) is 6.34. The van der Waals surface area contributed by atoms with Crippen molar-refractivity contribution in [2.24, 2.45) is 0 Å². The third-order valence-electron chi connectivity index (χ3n) is 4.18. The second kappa shape index (κ2) is 6.68. The smallest absolute Gasteiger partial charge is 0.253 e. The molecule has 2 heterocycles. The first-order valence-corrected chi connectivity index (χ1v) is 8.06. The summed E-state index contributed by atoms with van der Waals surface area (Å²) in [5.41, 5.74) is 0.376. The van der Waals surface area contributed by atoms with E-state index in [-0.39, 0.29) is 39.5 Å². The Balaban J connectivity index is 2.14. The van der Waals surface area contributed by atoms with Crippen LogP contribution in [0.4, 0.5) is 5.88 Å². The number of fused-ring (bicyclic) bond motifs is 1. The van der Waals surface area contributed by atoms with Crippen LogP contribution in [0.3, 0.4) is 0 Å². The summed E-state index contributed by atoms with van der Waals surface area (Å²) in [6.45, 7) is 3.69. The lowest BCUT2D eigenvalue weighted by atomic mass is 10.1. The van der Waals surface area contributed by atoms with E-state index in [4.69, 9.17) is 9.15 Å². The Morgan fingerprint density at radius 1 is 1.32 bits per heavy atom. The number of hydrogen-bond donors (Lipinski definition) is 0. The molecular weight excluding hydrogens is 324 g/mol. The molecule has 25 heavy (non-hydrogen) atoms. The Labute approximate surface area is 144 Å². The number of morpholine rings is 1. The van der Waals surface area contributed by atoms with Gasteiger partial charge in [0.2, 0.25) is 0 Å². The minimum Gasteiger partial charge on any atom is -0.440 e. The summed E-state index contributed by atoms with van der Waals surface area (Å²) in [5.74, 6) is 0.123. The van der Waals surface area contributed by atoms with Crippen molar-refractivity contribution in [1.29, 1.82) is 0 Å². The molecule has 0 N–H and O–H groups in total. The zero-order valence-corrected chi connectivity index (χ0v) is 14.4. The standard InChI is InChI=1S/C18H20N2O5/c1-11-9-20(4-5-24-11)16-8-15(22)14-7-12(18(23)19(2)3)6-13(10-21)17(14)25-16/h6-8,10-11H,4-5,9H2,1-3H3/t11-/m1/s1. The maximum Gasteiger partial charge on any atom is 0.253 e. The van der Waals surface area contributed by atoms with Crippen LogP contribution in [0.5, 0.6) is 0 Å². The van der Waals surface area contributed by atoms with Gasteiger partial charge in [-0.2, -0.15) is 0 Å². The topological polar surface area (TPSA) is 80.1 Å². The summed E-state index contributed by atoms with van der Waals surface area (Å²) in [6, 6.07) is 4.33. The van der Waals surface area contributed by atoms with E-state index in [0.29, 0.717) is 31.9 Å². The molecule has 0 unspecified atom stereocenters. The van der Waals surface area contributed by atoms with Gasteiger partial charge in [-0.15, -0.1) is 0 Å². The van der Waals surface area contributed by atoms with Gasteiger partial charge in [-0.05, 0) is 19.1 Å². The Hall–Kier alpha value is -2.67. The highest BCUT2D eigenvalue weighted by atomic mass is 16.5. The van der Waals surface area contributed by atoms with E-state index in [2.05, 4.69) is 0 Å². The Morgan fingerprint density at radius 2 is 2.08 bits per heavy atom. The summed E-state index contributed by atoms with van der Waals surface area (Å²) in [5, 5.41) is 0.222. The fourth-order valence-corrected chi connectivity index (χ4v) is 2.92. The lowest BCUT2D eigenvalue weighted by molar-refractivity contribution is 0.0517. The highest BCUT2D eigenvalue weighted by molar-refractivity contribution is 6.03. The SMILES string of the molecule is C[C@@H]1CN(c2cc(=O)c3cc(C(=O)N(C)C)cc(C=O)c3o2)CCO1. The summed E-state index contributed by atoms with van der Waals surface area (Å²) >= 11 is 0. The van der Waals surface area contributed by atoms with Gasteiger partial charge in [-0.1, -0.05) is 0 Å². The van der Waals surface area contributed by atoms with Gasteiger partial charge in [-0.3, -0.25) is 14.4 Å². The number of carbonyl (C=O) groups excluding carboxylic acids is 2. The molecule has 1 aromatic heterocycles. The van der Waals surface area contributed by atoms with Crippen molar-refractivity contribution in [1.82, 2.24) is 4.90 Å². The van der Waals surface area contributed by atoms with E-state index in [1.165, 1.54) is 23.1 Å². The predicted molar refractivity (Wildman–Crippen MR) is 93.5 cm³/mol. The lowest BCUT2D eigenvalue weighted by Crippen LogP contribution is -2.41. The average Bonchev–Trinajstić information content (AvgIpc) is 2.60. The Kier molecular flexibility index (Phi) is 4.59. The van der Waals surface area contributed by atoms with E-state index in [1.54, 1.807) is 14.1 Å². The molecule has 1 amide bonds. The molecule has 1 atom stereocenters. The van der Waals surface area contributed by atoms with Crippen LogP contribution in [0.25, 0.3) is 11.0 Å². The van der Waals surface area contributed by atoms with Gasteiger partial charge in [-0.25, -0.2) is 0 Å². The van der Waals surface area contributed by atoms with Crippen LogP contribution in [-0.2, 0) is 4.74 Å². The first kappa shape index (κ1) is 17.2. The van der Waals surface area contributed by atoms with Gasteiger partial charge in [0.15, 0.2) is 23.2 Å². The minimum atomic E-state index is -0.285. The van der Waals surface area contributed by atoms with Crippen LogP contribution in [0.1, 0.15) is 27.6 Å². The maximum atomic E-state index is 12.6. The molecule has 1 fully saturated rings. The van der Waals surface area contributed by atoms with Gasteiger partial charge in [0.25, 0.3) is 5.91 Å². The van der Waals surface area contributed by atoms with Gasteiger partial charge in [0, 0.05) is 38.8 Å². The molecule has 0 radical (unpaired) electrons. The van der Waals surface area contributed by atoms with E-state index >= 15 is 0 Å². The molecule has 1 aromatic carbocycles. The third-order valence-corrected chi connectivity index (χ3v) is 4.18. The molecule has 3 rings (SSSR count). The molecule has 0 spiro atoms. The minimum absolute atomic E-state index is 0.0281. The fourth-order valence-electron chi connectivity index (χ4n) is 2.92. The molecule has 7 heteroatoms. The predicted octanol–water partition coefficient (Wildman–Crippen LogP) is 1.53. The van der Waals surface area contributed by atoms with Gasteiger partial charge in [0.1, 0.15) is 0 Å². The van der Waals surface area contributed by atoms with Gasteiger partial charge in [0.05, 0.1) is 23.7 Å². The number of ether oxygens (including phenoxy) is 1. The number of amides is 1. The van der Waals surface area contributed by atoms with Crippen LogP contribution in [-0.4, -0.2) is 57.0 Å². The summed E-state index contributed by atoms with van der Waals surface area (Å²) < 4.78 is 11.4. The highest BCUT2D eigenvalue weighted by Gasteiger charge is 2.21. The highest BCUT2D eigenvalue weighted by Crippen LogP contribution is 2.25. The number of aldehydes is 1. The van der Waals surface area contributed by atoms with E-state index in [0.717, 1.165) is 0 Å². The van der Waals surface area contributed by atoms with Crippen LogP contribution in [0.2, 0.25) is 0 Å². The summed E-state index contributed by atoms with van der Waals surface area (Å²) in [6.07, 6.45) is 0.629. The van der Waals surface area contributed by atoms with E-state index < -0.39 is 0 Å². The normalized spacial score (nSPS) is 17.6.